The van der Waals surface area contributed by atoms with Gasteiger partial charge in [-0.25, -0.2) is 17.9 Å². The molecule has 32 heavy (non-hydrogen) atoms. The van der Waals surface area contributed by atoms with Gasteiger partial charge < -0.3 is 4.90 Å². The van der Waals surface area contributed by atoms with Crippen molar-refractivity contribution < 1.29 is 13.2 Å². The van der Waals surface area contributed by atoms with Crippen LogP contribution in [0.1, 0.15) is 49.9 Å². The molecule has 1 fully saturated rings. The van der Waals surface area contributed by atoms with Crippen molar-refractivity contribution in [3.8, 4) is 0 Å². The number of nitrogens with zero attached hydrogens (tertiary/aromatic N) is 5. The molecular weight excluding hydrogens is 430 g/mol. The summed E-state index contributed by atoms with van der Waals surface area (Å²) in [6, 6.07) is 5.03. The SMILES string of the molecule is O=C(Cn1nc2n(c1=O)CCCCC2)N1CCc2cc(S(=O)(=O)N3CCCCC3)ccc21. The molecule has 3 aliphatic rings. The number of carbonyl (C=O) groups excluding carboxylic acids is 1. The first-order chi connectivity index (χ1) is 15.4. The summed E-state index contributed by atoms with van der Waals surface area (Å²) in [6.07, 6.45) is 7.25. The van der Waals surface area contributed by atoms with E-state index in [1.165, 1.54) is 4.68 Å². The normalized spacial score (nSPS) is 19.4. The minimum Gasteiger partial charge on any atom is -0.310 e. The van der Waals surface area contributed by atoms with Crippen LogP contribution in [0.25, 0.3) is 0 Å². The van der Waals surface area contributed by atoms with Gasteiger partial charge in [0.25, 0.3) is 0 Å². The minimum atomic E-state index is -3.51. The molecule has 5 rings (SSSR count). The zero-order valence-electron chi connectivity index (χ0n) is 18.2. The molecule has 0 spiro atoms. The standard InChI is InChI=1S/C22H29N5O4S/c28-21(16-27-22(29)26-13-6-1-3-7-20(26)23-27)25-14-10-17-15-18(8-9-19(17)25)32(30,31)24-11-4-2-5-12-24/h8-9,15H,1-7,10-14,16H2. The fourth-order valence-electron chi connectivity index (χ4n) is 4.99. The molecule has 9 nitrogen and oxygen atoms in total. The van der Waals surface area contributed by atoms with Crippen molar-refractivity contribution in [2.75, 3.05) is 24.5 Å². The molecule has 1 aromatic heterocycles. The Hall–Kier alpha value is -2.46. The number of anilines is 1. The van der Waals surface area contributed by atoms with Gasteiger partial charge >= 0.3 is 5.69 Å². The lowest BCUT2D eigenvalue weighted by molar-refractivity contribution is -0.119. The first kappa shape index (κ1) is 21.4. The van der Waals surface area contributed by atoms with E-state index in [-0.39, 0.29) is 18.1 Å². The Morgan fingerprint density at radius 1 is 0.938 bits per heavy atom. The summed E-state index contributed by atoms with van der Waals surface area (Å²) in [5.41, 5.74) is 1.35. The van der Waals surface area contributed by atoms with Gasteiger partial charge in [-0.05, 0) is 55.9 Å². The molecule has 1 aromatic carbocycles. The lowest BCUT2D eigenvalue weighted by Crippen LogP contribution is -2.36. The second kappa shape index (κ2) is 8.47. The summed E-state index contributed by atoms with van der Waals surface area (Å²) in [7, 11) is -3.51. The molecule has 0 unspecified atom stereocenters. The summed E-state index contributed by atoms with van der Waals surface area (Å²) >= 11 is 0. The average Bonchev–Trinajstić information content (AvgIpc) is 3.26. The van der Waals surface area contributed by atoms with E-state index in [4.69, 9.17) is 0 Å². The van der Waals surface area contributed by atoms with Crippen LogP contribution < -0.4 is 10.6 Å². The molecule has 172 valence electrons. The Morgan fingerprint density at radius 3 is 2.50 bits per heavy atom. The van der Waals surface area contributed by atoms with Gasteiger partial charge in [0.15, 0.2) is 0 Å². The molecule has 4 heterocycles. The van der Waals surface area contributed by atoms with Gasteiger partial charge in [-0.2, -0.15) is 9.40 Å². The van der Waals surface area contributed by atoms with Gasteiger partial charge in [0.1, 0.15) is 12.4 Å². The van der Waals surface area contributed by atoms with E-state index < -0.39 is 10.0 Å². The van der Waals surface area contributed by atoms with Crippen LogP contribution in [-0.4, -0.2) is 52.6 Å². The summed E-state index contributed by atoms with van der Waals surface area (Å²) < 4.78 is 30.5. The lowest BCUT2D eigenvalue weighted by atomic mass is 10.2. The van der Waals surface area contributed by atoms with Crippen LogP contribution in [-0.2, 0) is 40.7 Å². The quantitative estimate of drug-likeness (QED) is 0.691. The number of fused-ring (bicyclic) bond motifs is 2. The predicted octanol–water partition coefficient (Wildman–Crippen LogP) is 1.54. The van der Waals surface area contributed by atoms with Gasteiger partial charge in [-0.3, -0.25) is 9.36 Å². The average molecular weight is 460 g/mol. The van der Waals surface area contributed by atoms with E-state index in [1.54, 1.807) is 32.0 Å². The number of benzene rings is 1. The van der Waals surface area contributed by atoms with Crippen LogP contribution >= 0.6 is 0 Å². The zero-order valence-corrected chi connectivity index (χ0v) is 19.0. The highest BCUT2D eigenvalue weighted by Crippen LogP contribution is 2.32. The van der Waals surface area contributed by atoms with Crippen molar-refractivity contribution in [1.82, 2.24) is 18.7 Å². The molecular formula is C22H29N5O4S. The van der Waals surface area contributed by atoms with Gasteiger partial charge in [0, 0.05) is 38.3 Å². The molecule has 0 radical (unpaired) electrons. The van der Waals surface area contributed by atoms with E-state index >= 15 is 0 Å². The Kier molecular flexibility index (Phi) is 5.66. The van der Waals surface area contributed by atoms with Crippen molar-refractivity contribution in [2.24, 2.45) is 0 Å². The van der Waals surface area contributed by atoms with Gasteiger partial charge in [-0.15, -0.1) is 0 Å². The largest absolute Gasteiger partial charge is 0.346 e. The monoisotopic (exact) mass is 459 g/mol. The maximum Gasteiger partial charge on any atom is 0.346 e. The number of sulfonamides is 1. The molecule has 0 aliphatic carbocycles. The third-order valence-electron chi connectivity index (χ3n) is 6.77. The molecule has 3 aliphatic heterocycles. The third-order valence-corrected chi connectivity index (χ3v) is 8.66. The lowest BCUT2D eigenvalue weighted by Gasteiger charge is -2.26. The van der Waals surface area contributed by atoms with E-state index in [9.17, 15) is 18.0 Å². The van der Waals surface area contributed by atoms with E-state index in [2.05, 4.69) is 5.10 Å². The Morgan fingerprint density at radius 2 is 1.69 bits per heavy atom. The van der Waals surface area contributed by atoms with Crippen LogP contribution in [0.4, 0.5) is 5.69 Å². The number of rotatable bonds is 4. The number of aromatic nitrogens is 3. The van der Waals surface area contributed by atoms with Crippen molar-refractivity contribution in [3.05, 3.63) is 40.1 Å². The van der Waals surface area contributed by atoms with E-state index in [0.717, 1.165) is 62.0 Å². The second-order valence-corrected chi connectivity index (χ2v) is 10.8. The second-order valence-electron chi connectivity index (χ2n) is 8.87. The fourth-order valence-corrected chi connectivity index (χ4v) is 6.56. The number of aryl methyl sites for hydroxylation is 1. The van der Waals surface area contributed by atoms with Crippen molar-refractivity contribution >= 4 is 21.6 Å². The molecule has 0 bridgehead atoms. The molecule has 0 atom stereocenters. The molecule has 10 heteroatoms. The van der Waals surface area contributed by atoms with Crippen LogP contribution in [0.3, 0.4) is 0 Å². The summed E-state index contributed by atoms with van der Waals surface area (Å²) in [5.74, 6) is 0.556. The van der Waals surface area contributed by atoms with Crippen molar-refractivity contribution in [1.29, 1.82) is 0 Å². The fraction of sp³-hybridized carbons (Fsp3) is 0.591. The molecule has 0 N–H and O–H groups in total. The summed E-state index contributed by atoms with van der Waals surface area (Å²) in [4.78, 5) is 27.7. The first-order valence-electron chi connectivity index (χ1n) is 11.5. The Bertz CT molecular complexity index is 1190. The summed E-state index contributed by atoms with van der Waals surface area (Å²) in [6.45, 7) is 2.15. The molecule has 0 saturated carbocycles. The smallest absolute Gasteiger partial charge is 0.310 e. The van der Waals surface area contributed by atoms with Crippen molar-refractivity contribution in [2.45, 2.75) is 69.4 Å². The maximum absolute atomic E-state index is 13.0. The predicted molar refractivity (Wildman–Crippen MR) is 119 cm³/mol. The molecule has 1 amide bonds. The Balaban J connectivity index is 1.35. The summed E-state index contributed by atoms with van der Waals surface area (Å²) in [5, 5.41) is 4.41. The number of carbonyl (C=O) groups is 1. The van der Waals surface area contributed by atoms with Crippen LogP contribution in [0.2, 0.25) is 0 Å². The van der Waals surface area contributed by atoms with Gasteiger partial charge in [0.05, 0.1) is 4.90 Å². The zero-order chi connectivity index (χ0) is 22.3. The van der Waals surface area contributed by atoms with Crippen molar-refractivity contribution in [3.63, 3.8) is 0 Å². The van der Waals surface area contributed by atoms with E-state index in [0.29, 0.717) is 37.5 Å². The third kappa shape index (κ3) is 3.79. The van der Waals surface area contributed by atoms with Crippen LogP contribution in [0.15, 0.2) is 27.9 Å². The first-order valence-corrected chi connectivity index (χ1v) is 13.0. The maximum atomic E-state index is 13.0. The number of hydrogen-bond acceptors (Lipinski definition) is 5. The molecule has 2 aromatic rings. The highest BCUT2D eigenvalue weighted by Gasteiger charge is 2.30. The van der Waals surface area contributed by atoms with Crippen LogP contribution in [0.5, 0.6) is 0 Å². The minimum absolute atomic E-state index is 0.105. The van der Waals surface area contributed by atoms with Crippen LogP contribution in [0, 0.1) is 0 Å². The topological polar surface area (TPSA) is 97.5 Å². The van der Waals surface area contributed by atoms with E-state index in [1.807, 2.05) is 0 Å². The van der Waals surface area contributed by atoms with Gasteiger partial charge in [0.2, 0.25) is 15.9 Å². The number of amides is 1. The highest BCUT2D eigenvalue weighted by atomic mass is 32.2. The molecule has 1 saturated heterocycles. The Labute approximate surface area is 187 Å². The highest BCUT2D eigenvalue weighted by molar-refractivity contribution is 7.89. The number of hydrogen-bond donors (Lipinski definition) is 0. The number of piperidine rings is 1. The van der Waals surface area contributed by atoms with Gasteiger partial charge in [-0.1, -0.05) is 12.8 Å².